The van der Waals surface area contributed by atoms with Crippen LogP contribution in [-0.4, -0.2) is 4.98 Å². The van der Waals surface area contributed by atoms with Crippen LogP contribution in [0.3, 0.4) is 0 Å². The Balaban J connectivity index is 0.000000720. The van der Waals surface area contributed by atoms with Crippen LogP contribution in [0.25, 0.3) is 10.8 Å². The molecule has 1 radical (unpaired) electrons. The van der Waals surface area contributed by atoms with E-state index in [-0.39, 0.29) is 32.7 Å². The molecule has 0 unspecified atom stereocenters. The largest absolute Gasteiger partial charge is 0.357 e. The van der Waals surface area contributed by atoms with Crippen molar-refractivity contribution in [3.63, 3.8) is 0 Å². The second-order valence-corrected chi connectivity index (χ2v) is 2.60. The Hall–Kier alpha value is -0.266. The summed E-state index contributed by atoms with van der Waals surface area (Å²) >= 11 is 0. The number of hydrogen-bond acceptors (Lipinski definition) is 1. The smallest absolute Gasteiger partial charge is 0 e. The van der Waals surface area contributed by atoms with Gasteiger partial charge in [-0.3, -0.25) is 0 Å². The monoisotopic (exact) mass is 231 g/mol. The molecule has 0 bridgehead atoms. The molecule has 1 heterocycles. The molecule has 1 nitrogen and oxygen atoms in total. The van der Waals surface area contributed by atoms with E-state index in [9.17, 15) is 0 Å². The van der Waals surface area contributed by atoms with Crippen molar-refractivity contribution in [2.75, 3.05) is 0 Å². The molecule has 0 saturated heterocycles. The molecule has 0 N–H and O–H groups in total. The molecular formula is C10H8NY-. The first-order valence-electron chi connectivity index (χ1n) is 3.60. The molecule has 0 saturated carbocycles. The zero-order valence-corrected chi connectivity index (χ0v) is 9.75. The SMILES string of the molecule is Cc1cc2ccccc2[c-]n1.[Y]. The molecule has 0 atom stereocenters. The van der Waals surface area contributed by atoms with Gasteiger partial charge in [-0.15, -0.1) is 29.0 Å². The van der Waals surface area contributed by atoms with Crippen molar-refractivity contribution >= 4 is 10.8 Å². The van der Waals surface area contributed by atoms with Crippen LogP contribution in [0.15, 0.2) is 30.3 Å². The van der Waals surface area contributed by atoms with Crippen molar-refractivity contribution in [2.45, 2.75) is 6.92 Å². The number of aryl methyl sites for hydroxylation is 1. The summed E-state index contributed by atoms with van der Waals surface area (Å²) in [4.78, 5) is 4.08. The third-order valence-corrected chi connectivity index (χ3v) is 1.68. The van der Waals surface area contributed by atoms with Gasteiger partial charge in [0.05, 0.1) is 0 Å². The zero-order valence-electron chi connectivity index (χ0n) is 6.91. The molecule has 57 valence electrons. The van der Waals surface area contributed by atoms with E-state index >= 15 is 0 Å². The second kappa shape index (κ2) is 4.11. The van der Waals surface area contributed by atoms with E-state index in [0.717, 1.165) is 11.1 Å². The minimum absolute atomic E-state index is 0. The van der Waals surface area contributed by atoms with Crippen molar-refractivity contribution in [3.8, 4) is 0 Å². The van der Waals surface area contributed by atoms with E-state index in [1.807, 2.05) is 25.1 Å². The number of benzene rings is 1. The average Bonchev–Trinajstić information content (AvgIpc) is 2.04. The van der Waals surface area contributed by atoms with Crippen molar-refractivity contribution in [1.82, 2.24) is 4.98 Å². The van der Waals surface area contributed by atoms with Gasteiger partial charge in [0.1, 0.15) is 0 Å². The minimum Gasteiger partial charge on any atom is -0.357 e. The van der Waals surface area contributed by atoms with Gasteiger partial charge in [-0.05, 0) is 11.9 Å². The molecule has 0 aliphatic carbocycles. The first-order valence-corrected chi connectivity index (χ1v) is 3.60. The van der Waals surface area contributed by atoms with E-state index in [0.29, 0.717) is 0 Å². The average molecular weight is 231 g/mol. The Morgan fingerprint density at radius 2 is 2.00 bits per heavy atom. The van der Waals surface area contributed by atoms with Crippen LogP contribution in [0.2, 0.25) is 0 Å². The Morgan fingerprint density at radius 1 is 1.25 bits per heavy atom. The molecule has 0 aliphatic heterocycles. The summed E-state index contributed by atoms with van der Waals surface area (Å²) in [6, 6.07) is 10.2. The van der Waals surface area contributed by atoms with Gasteiger partial charge in [0.25, 0.3) is 0 Å². The van der Waals surface area contributed by atoms with Crippen molar-refractivity contribution in [1.29, 1.82) is 0 Å². The zero-order chi connectivity index (χ0) is 7.68. The molecule has 12 heavy (non-hydrogen) atoms. The maximum atomic E-state index is 4.08. The summed E-state index contributed by atoms with van der Waals surface area (Å²) in [7, 11) is 0. The van der Waals surface area contributed by atoms with Crippen LogP contribution in [0, 0.1) is 13.1 Å². The van der Waals surface area contributed by atoms with Crippen molar-refractivity contribution in [3.05, 3.63) is 42.2 Å². The van der Waals surface area contributed by atoms with Crippen molar-refractivity contribution < 1.29 is 32.7 Å². The molecule has 2 heteroatoms. The molecule has 1 aromatic carbocycles. The van der Waals surface area contributed by atoms with E-state index in [1.165, 1.54) is 5.39 Å². The van der Waals surface area contributed by atoms with Gasteiger partial charge in [0, 0.05) is 32.7 Å². The Morgan fingerprint density at radius 3 is 2.83 bits per heavy atom. The summed E-state index contributed by atoms with van der Waals surface area (Å²) in [5.41, 5.74) is 1.02. The van der Waals surface area contributed by atoms with Gasteiger partial charge in [-0.25, -0.2) is 0 Å². The van der Waals surface area contributed by atoms with Gasteiger partial charge < -0.3 is 4.98 Å². The maximum absolute atomic E-state index is 4.08. The van der Waals surface area contributed by atoms with E-state index in [1.54, 1.807) is 0 Å². The minimum atomic E-state index is 0. The molecular weight excluding hydrogens is 223 g/mol. The normalized spacial score (nSPS) is 9.42. The summed E-state index contributed by atoms with van der Waals surface area (Å²) < 4.78 is 0. The predicted molar refractivity (Wildman–Crippen MR) is 45.3 cm³/mol. The standard InChI is InChI=1S/C10H8N.Y/c1-8-6-9-4-2-3-5-10(9)7-11-8;/h2-6H,1H3;/q-1;. The summed E-state index contributed by atoms with van der Waals surface area (Å²) in [6.07, 6.45) is 2.97. The predicted octanol–water partition coefficient (Wildman–Crippen LogP) is 2.34. The molecule has 0 spiro atoms. The molecule has 0 fully saturated rings. The van der Waals surface area contributed by atoms with Gasteiger partial charge >= 0.3 is 0 Å². The first-order chi connectivity index (χ1) is 5.36. The van der Waals surface area contributed by atoms with Crippen LogP contribution in [-0.2, 0) is 32.7 Å². The Kier molecular flexibility index (Phi) is 3.36. The van der Waals surface area contributed by atoms with Crippen LogP contribution in [0.1, 0.15) is 5.69 Å². The fourth-order valence-corrected chi connectivity index (χ4v) is 1.13. The fourth-order valence-electron chi connectivity index (χ4n) is 1.13. The molecule has 2 rings (SSSR count). The quantitative estimate of drug-likeness (QED) is 0.634. The molecule has 0 amide bonds. The third-order valence-electron chi connectivity index (χ3n) is 1.68. The Bertz CT molecular complexity index is 384. The Labute approximate surface area is 97.1 Å². The number of fused-ring (bicyclic) bond motifs is 1. The molecule has 2 aromatic rings. The molecule has 0 aliphatic rings. The number of pyridine rings is 1. The number of rotatable bonds is 0. The summed E-state index contributed by atoms with van der Waals surface area (Å²) in [5, 5.41) is 2.29. The van der Waals surface area contributed by atoms with Crippen molar-refractivity contribution in [2.24, 2.45) is 0 Å². The van der Waals surface area contributed by atoms with Crippen LogP contribution in [0.4, 0.5) is 0 Å². The number of aromatic nitrogens is 1. The van der Waals surface area contributed by atoms with Gasteiger partial charge in [-0.2, -0.15) is 0 Å². The van der Waals surface area contributed by atoms with Crippen LogP contribution >= 0.6 is 0 Å². The third kappa shape index (κ3) is 1.91. The summed E-state index contributed by atoms with van der Waals surface area (Å²) in [6.45, 7) is 1.98. The number of hydrogen-bond donors (Lipinski definition) is 0. The number of nitrogens with zero attached hydrogens (tertiary/aromatic N) is 1. The topological polar surface area (TPSA) is 12.9 Å². The molecule has 1 aromatic heterocycles. The maximum Gasteiger partial charge on any atom is 0 e. The first kappa shape index (κ1) is 9.82. The van der Waals surface area contributed by atoms with E-state index in [2.05, 4.69) is 23.3 Å². The summed E-state index contributed by atoms with van der Waals surface area (Å²) in [5.74, 6) is 0. The van der Waals surface area contributed by atoms with Gasteiger partial charge in [0.15, 0.2) is 0 Å². The second-order valence-electron chi connectivity index (χ2n) is 2.60. The van der Waals surface area contributed by atoms with Crippen LogP contribution < -0.4 is 0 Å². The van der Waals surface area contributed by atoms with Gasteiger partial charge in [-0.1, -0.05) is 19.1 Å². The van der Waals surface area contributed by atoms with Crippen LogP contribution in [0.5, 0.6) is 0 Å². The van der Waals surface area contributed by atoms with E-state index in [4.69, 9.17) is 0 Å². The van der Waals surface area contributed by atoms with Gasteiger partial charge in [0.2, 0.25) is 0 Å². The fraction of sp³-hybridized carbons (Fsp3) is 0.100. The van der Waals surface area contributed by atoms with E-state index < -0.39 is 0 Å².